The van der Waals surface area contributed by atoms with Crippen LogP contribution >= 0.6 is 0 Å². The van der Waals surface area contributed by atoms with Crippen LogP contribution in [0.25, 0.3) is 5.65 Å². The molecule has 0 amide bonds. The van der Waals surface area contributed by atoms with Crippen LogP contribution in [-0.4, -0.2) is 22.0 Å². The fourth-order valence-electron chi connectivity index (χ4n) is 2.17. The summed E-state index contributed by atoms with van der Waals surface area (Å²) in [5.41, 5.74) is 2.45. The molecule has 0 radical (unpaired) electrons. The van der Waals surface area contributed by atoms with E-state index in [0.717, 1.165) is 0 Å². The SMILES string of the molecule is O=C([O-])COCc1nc2ccccn2c1C#Cc1ccc(F)cc1. The Morgan fingerprint density at radius 2 is 2.00 bits per heavy atom. The Morgan fingerprint density at radius 3 is 2.75 bits per heavy atom. The van der Waals surface area contributed by atoms with E-state index >= 15 is 0 Å². The number of nitrogens with zero attached hydrogens (tertiary/aromatic N) is 2. The second-order valence-electron chi connectivity index (χ2n) is 4.96. The van der Waals surface area contributed by atoms with E-state index in [1.165, 1.54) is 12.1 Å². The lowest BCUT2D eigenvalue weighted by atomic mass is 10.2. The summed E-state index contributed by atoms with van der Waals surface area (Å²) >= 11 is 0. The Hall–Kier alpha value is -3.17. The first-order valence-electron chi connectivity index (χ1n) is 7.14. The molecule has 0 aliphatic carbocycles. The molecule has 3 rings (SSSR count). The number of carbonyl (C=O) groups is 1. The number of halogens is 1. The smallest absolute Gasteiger partial charge is 0.138 e. The predicted molar refractivity (Wildman–Crippen MR) is 82.2 cm³/mol. The van der Waals surface area contributed by atoms with E-state index in [-0.39, 0.29) is 12.4 Å². The maximum atomic E-state index is 12.9. The summed E-state index contributed by atoms with van der Waals surface area (Å²) in [6.45, 7) is -0.512. The molecule has 2 heterocycles. The Bertz CT molecular complexity index is 936. The van der Waals surface area contributed by atoms with Gasteiger partial charge in [-0.1, -0.05) is 12.0 Å². The zero-order chi connectivity index (χ0) is 16.9. The molecule has 6 heteroatoms. The molecular formula is C18H12FN2O3-. The molecule has 0 aliphatic rings. The lowest BCUT2D eigenvalue weighted by molar-refractivity contribution is -0.309. The van der Waals surface area contributed by atoms with E-state index in [4.69, 9.17) is 4.74 Å². The highest BCUT2D eigenvalue weighted by Crippen LogP contribution is 2.13. The fourth-order valence-corrected chi connectivity index (χ4v) is 2.17. The minimum absolute atomic E-state index is 0.00307. The van der Waals surface area contributed by atoms with Crippen LogP contribution in [0, 0.1) is 17.7 Å². The maximum absolute atomic E-state index is 12.9. The minimum Gasteiger partial charge on any atom is -0.548 e. The third kappa shape index (κ3) is 3.59. The van der Waals surface area contributed by atoms with Crippen molar-refractivity contribution < 1.29 is 19.0 Å². The molecule has 0 fully saturated rings. The van der Waals surface area contributed by atoms with Crippen LogP contribution < -0.4 is 5.11 Å². The first-order valence-corrected chi connectivity index (χ1v) is 7.14. The molecule has 0 N–H and O–H groups in total. The fraction of sp³-hybridized carbons (Fsp3) is 0.111. The number of benzene rings is 1. The van der Waals surface area contributed by atoms with Crippen LogP contribution in [0.2, 0.25) is 0 Å². The first-order chi connectivity index (χ1) is 11.6. The number of fused-ring (bicyclic) bond motifs is 1. The quantitative estimate of drug-likeness (QED) is 0.675. The van der Waals surface area contributed by atoms with Gasteiger partial charge in [0.2, 0.25) is 0 Å². The third-order valence-corrected chi connectivity index (χ3v) is 3.23. The number of carboxylic acid groups (broad SMARTS) is 1. The van der Waals surface area contributed by atoms with Crippen molar-refractivity contribution in [3.8, 4) is 11.8 Å². The topological polar surface area (TPSA) is 66.7 Å². The standard InChI is InChI=1S/C18H13FN2O3/c19-14-7-4-13(5-8-14)6-9-16-15(11-24-12-18(22)23)20-17-3-1-2-10-21(16)17/h1-5,7-8,10H,11-12H2,(H,22,23)/p-1. The Labute approximate surface area is 137 Å². The summed E-state index contributed by atoms with van der Waals surface area (Å²) in [5, 5.41) is 10.5. The molecule has 0 unspecified atom stereocenters. The average Bonchev–Trinajstić information content (AvgIpc) is 2.92. The van der Waals surface area contributed by atoms with Crippen LogP contribution in [0.3, 0.4) is 0 Å². The van der Waals surface area contributed by atoms with Gasteiger partial charge in [0.05, 0.1) is 19.2 Å². The van der Waals surface area contributed by atoms with Gasteiger partial charge < -0.3 is 14.6 Å². The Morgan fingerprint density at radius 1 is 1.21 bits per heavy atom. The molecular weight excluding hydrogens is 311 g/mol. The maximum Gasteiger partial charge on any atom is 0.138 e. The largest absolute Gasteiger partial charge is 0.548 e. The van der Waals surface area contributed by atoms with E-state index < -0.39 is 12.6 Å². The van der Waals surface area contributed by atoms with Crippen LogP contribution in [-0.2, 0) is 16.1 Å². The highest BCUT2D eigenvalue weighted by atomic mass is 19.1. The van der Waals surface area contributed by atoms with Gasteiger partial charge in [0.1, 0.15) is 22.9 Å². The molecule has 24 heavy (non-hydrogen) atoms. The number of carboxylic acids is 1. The van der Waals surface area contributed by atoms with Gasteiger partial charge in [0, 0.05) is 11.8 Å². The molecule has 120 valence electrons. The number of carbonyl (C=O) groups excluding carboxylic acids is 1. The lowest BCUT2D eigenvalue weighted by Gasteiger charge is -2.03. The lowest BCUT2D eigenvalue weighted by Crippen LogP contribution is -2.27. The summed E-state index contributed by atoms with van der Waals surface area (Å²) in [6.07, 6.45) is 1.80. The Kier molecular flexibility index (Phi) is 4.54. The number of hydrogen-bond acceptors (Lipinski definition) is 4. The van der Waals surface area contributed by atoms with Crippen LogP contribution in [0.4, 0.5) is 4.39 Å². The predicted octanol–water partition coefficient (Wildman–Crippen LogP) is 1.14. The average molecular weight is 323 g/mol. The molecule has 0 saturated carbocycles. The van der Waals surface area contributed by atoms with Crippen molar-refractivity contribution in [1.82, 2.24) is 9.38 Å². The van der Waals surface area contributed by atoms with E-state index in [2.05, 4.69) is 16.8 Å². The summed E-state index contributed by atoms with van der Waals surface area (Å²) in [6, 6.07) is 11.3. The van der Waals surface area contributed by atoms with Gasteiger partial charge in [-0.25, -0.2) is 9.37 Å². The number of hydrogen-bond donors (Lipinski definition) is 0. The molecule has 1 aromatic carbocycles. The molecule has 5 nitrogen and oxygen atoms in total. The normalized spacial score (nSPS) is 10.4. The molecule has 0 bridgehead atoms. The summed E-state index contributed by atoms with van der Waals surface area (Å²) in [4.78, 5) is 14.9. The van der Waals surface area contributed by atoms with E-state index in [9.17, 15) is 14.3 Å². The van der Waals surface area contributed by atoms with Gasteiger partial charge >= 0.3 is 0 Å². The van der Waals surface area contributed by atoms with E-state index in [1.54, 1.807) is 22.7 Å². The molecule has 0 aliphatic heterocycles. The molecule has 2 aromatic heterocycles. The highest BCUT2D eigenvalue weighted by Gasteiger charge is 2.10. The van der Waals surface area contributed by atoms with Gasteiger partial charge in [0.25, 0.3) is 0 Å². The second-order valence-corrected chi connectivity index (χ2v) is 4.96. The van der Waals surface area contributed by atoms with Crippen molar-refractivity contribution in [2.75, 3.05) is 6.61 Å². The number of imidazole rings is 1. The number of ether oxygens (including phenoxy) is 1. The zero-order valence-electron chi connectivity index (χ0n) is 12.5. The number of aromatic nitrogens is 2. The van der Waals surface area contributed by atoms with Gasteiger partial charge in [-0.3, -0.25) is 4.40 Å². The van der Waals surface area contributed by atoms with Gasteiger partial charge in [-0.15, -0.1) is 0 Å². The van der Waals surface area contributed by atoms with E-state index in [1.807, 2.05) is 18.2 Å². The van der Waals surface area contributed by atoms with Crippen molar-refractivity contribution in [3.63, 3.8) is 0 Å². The van der Waals surface area contributed by atoms with Crippen LogP contribution in [0.1, 0.15) is 17.0 Å². The molecule has 3 aromatic rings. The number of pyridine rings is 1. The van der Waals surface area contributed by atoms with Crippen molar-refractivity contribution in [2.45, 2.75) is 6.61 Å². The number of aliphatic carboxylic acids is 1. The second kappa shape index (κ2) is 6.94. The van der Waals surface area contributed by atoms with Crippen LogP contribution in [0.5, 0.6) is 0 Å². The van der Waals surface area contributed by atoms with Crippen molar-refractivity contribution in [1.29, 1.82) is 0 Å². The van der Waals surface area contributed by atoms with E-state index in [0.29, 0.717) is 22.6 Å². The first kappa shape index (κ1) is 15.7. The zero-order valence-corrected chi connectivity index (χ0v) is 12.5. The molecule has 0 saturated heterocycles. The van der Waals surface area contributed by atoms with Crippen molar-refractivity contribution in [3.05, 3.63) is 71.4 Å². The summed E-state index contributed by atoms with van der Waals surface area (Å²) < 4.78 is 19.8. The minimum atomic E-state index is -1.29. The third-order valence-electron chi connectivity index (χ3n) is 3.23. The van der Waals surface area contributed by atoms with Crippen LogP contribution in [0.15, 0.2) is 48.7 Å². The monoisotopic (exact) mass is 323 g/mol. The summed E-state index contributed by atoms with van der Waals surface area (Å²) in [5.74, 6) is 4.32. The summed E-state index contributed by atoms with van der Waals surface area (Å²) in [7, 11) is 0. The van der Waals surface area contributed by atoms with Crippen molar-refractivity contribution in [2.24, 2.45) is 0 Å². The number of rotatable bonds is 4. The van der Waals surface area contributed by atoms with Crippen molar-refractivity contribution >= 4 is 11.6 Å². The van der Waals surface area contributed by atoms with Gasteiger partial charge in [-0.05, 0) is 42.3 Å². The molecule has 0 spiro atoms. The van der Waals surface area contributed by atoms with Gasteiger partial charge in [-0.2, -0.15) is 0 Å². The van der Waals surface area contributed by atoms with Gasteiger partial charge in [0.15, 0.2) is 0 Å². The molecule has 0 atom stereocenters. The highest BCUT2D eigenvalue weighted by molar-refractivity contribution is 5.65. The Balaban J connectivity index is 1.95.